The molecule has 0 fully saturated rings. The SMILES string of the molecule is N#Cc1c(NC(=O)COC(=O)c2n[nH]c(=O)c3ccccc23)sc2c1CCCC2. The number of amides is 1. The van der Waals surface area contributed by atoms with E-state index in [-0.39, 0.29) is 5.69 Å². The summed E-state index contributed by atoms with van der Waals surface area (Å²) in [5.74, 6) is -1.36. The molecule has 1 aliphatic carbocycles. The molecule has 2 heterocycles. The number of ether oxygens (including phenoxy) is 1. The maximum absolute atomic E-state index is 12.4. The van der Waals surface area contributed by atoms with Gasteiger partial charge in [-0.25, -0.2) is 9.89 Å². The lowest BCUT2D eigenvalue weighted by molar-refractivity contribution is -0.119. The molecule has 0 saturated heterocycles. The molecule has 0 unspecified atom stereocenters. The molecule has 9 heteroatoms. The van der Waals surface area contributed by atoms with Crippen LogP contribution in [0.4, 0.5) is 5.00 Å². The van der Waals surface area contributed by atoms with Crippen LogP contribution >= 0.6 is 11.3 Å². The first kappa shape index (κ1) is 18.8. The fraction of sp³-hybridized carbons (Fsp3) is 0.250. The quantitative estimate of drug-likeness (QED) is 0.639. The van der Waals surface area contributed by atoms with E-state index in [0.717, 1.165) is 36.1 Å². The smallest absolute Gasteiger partial charge is 0.359 e. The summed E-state index contributed by atoms with van der Waals surface area (Å²) in [6.45, 7) is -0.526. The van der Waals surface area contributed by atoms with Gasteiger partial charge in [0.1, 0.15) is 11.1 Å². The van der Waals surface area contributed by atoms with Gasteiger partial charge in [-0.05, 0) is 37.3 Å². The van der Waals surface area contributed by atoms with Gasteiger partial charge in [0.15, 0.2) is 12.3 Å². The number of nitrogens with zero attached hydrogens (tertiary/aromatic N) is 2. The van der Waals surface area contributed by atoms with Crippen molar-refractivity contribution in [2.45, 2.75) is 25.7 Å². The Labute approximate surface area is 169 Å². The molecule has 0 atom stereocenters. The van der Waals surface area contributed by atoms with Crippen LogP contribution in [-0.2, 0) is 22.4 Å². The molecular formula is C20H16N4O4S. The summed E-state index contributed by atoms with van der Waals surface area (Å²) in [5, 5.41) is 19.3. The highest BCUT2D eigenvalue weighted by Gasteiger charge is 2.22. The topological polar surface area (TPSA) is 125 Å². The van der Waals surface area contributed by atoms with Gasteiger partial charge in [-0.3, -0.25) is 9.59 Å². The van der Waals surface area contributed by atoms with Gasteiger partial charge in [-0.2, -0.15) is 10.4 Å². The Morgan fingerprint density at radius 2 is 2.00 bits per heavy atom. The minimum atomic E-state index is -0.821. The number of hydrogen-bond acceptors (Lipinski definition) is 7. The van der Waals surface area contributed by atoms with Crippen LogP contribution in [0.5, 0.6) is 0 Å². The predicted molar refractivity (Wildman–Crippen MR) is 107 cm³/mol. The van der Waals surface area contributed by atoms with Crippen molar-refractivity contribution >= 4 is 39.0 Å². The lowest BCUT2D eigenvalue weighted by Crippen LogP contribution is -2.22. The Bertz CT molecular complexity index is 1220. The predicted octanol–water partition coefficient (Wildman–Crippen LogP) is 2.53. The molecule has 3 aromatic rings. The minimum absolute atomic E-state index is 0.0719. The lowest BCUT2D eigenvalue weighted by atomic mass is 9.96. The Morgan fingerprint density at radius 3 is 2.79 bits per heavy atom. The first-order valence-electron chi connectivity index (χ1n) is 9.07. The van der Waals surface area contributed by atoms with Crippen LogP contribution in [0.1, 0.15) is 39.3 Å². The first-order valence-corrected chi connectivity index (χ1v) is 9.89. The van der Waals surface area contributed by atoms with E-state index >= 15 is 0 Å². The number of esters is 1. The largest absolute Gasteiger partial charge is 0.451 e. The molecule has 0 aliphatic heterocycles. The fourth-order valence-electron chi connectivity index (χ4n) is 3.40. The average molecular weight is 408 g/mol. The van der Waals surface area contributed by atoms with Crippen molar-refractivity contribution in [1.29, 1.82) is 5.26 Å². The van der Waals surface area contributed by atoms with E-state index in [2.05, 4.69) is 21.6 Å². The molecule has 8 nitrogen and oxygen atoms in total. The average Bonchev–Trinajstić information content (AvgIpc) is 3.09. The number of carbonyl (C=O) groups excluding carboxylic acids is 2. The molecule has 0 saturated carbocycles. The molecule has 4 rings (SSSR count). The monoisotopic (exact) mass is 408 g/mol. The summed E-state index contributed by atoms with van der Waals surface area (Å²) in [4.78, 5) is 37.6. The zero-order valence-electron chi connectivity index (χ0n) is 15.3. The van der Waals surface area contributed by atoms with Gasteiger partial charge in [-0.15, -0.1) is 11.3 Å². The van der Waals surface area contributed by atoms with Gasteiger partial charge < -0.3 is 10.1 Å². The van der Waals surface area contributed by atoms with E-state index in [9.17, 15) is 19.6 Å². The highest BCUT2D eigenvalue weighted by molar-refractivity contribution is 7.16. The third kappa shape index (κ3) is 3.62. The van der Waals surface area contributed by atoms with Crippen molar-refractivity contribution in [3.63, 3.8) is 0 Å². The Morgan fingerprint density at radius 1 is 1.24 bits per heavy atom. The minimum Gasteiger partial charge on any atom is -0.451 e. The van der Waals surface area contributed by atoms with Gasteiger partial charge in [0.25, 0.3) is 11.5 Å². The summed E-state index contributed by atoms with van der Waals surface area (Å²) in [6.07, 6.45) is 3.85. The van der Waals surface area contributed by atoms with Gasteiger partial charge in [-0.1, -0.05) is 18.2 Å². The number of fused-ring (bicyclic) bond motifs is 2. The number of carbonyl (C=O) groups is 2. The van der Waals surface area contributed by atoms with Crippen molar-refractivity contribution in [1.82, 2.24) is 10.2 Å². The summed E-state index contributed by atoms with van der Waals surface area (Å²) in [5.41, 5.74) is 1.02. The molecule has 2 N–H and O–H groups in total. The van der Waals surface area contributed by atoms with E-state index < -0.39 is 24.0 Å². The summed E-state index contributed by atoms with van der Waals surface area (Å²) in [7, 11) is 0. The third-order valence-corrected chi connectivity index (χ3v) is 5.97. The van der Waals surface area contributed by atoms with E-state index in [0.29, 0.717) is 21.3 Å². The number of nitrogens with one attached hydrogen (secondary N) is 2. The van der Waals surface area contributed by atoms with E-state index in [1.807, 2.05) is 0 Å². The number of hydrogen-bond donors (Lipinski definition) is 2. The number of anilines is 1. The van der Waals surface area contributed by atoms with E-state index in [1.54, 1.807) is 24.3 Å². The summed E-state index contributed by atoms with van der Waals surface area (Å²) in [6, 6.07) is 8.68. The number of aromatic amines is 1. The number of rotatable bonds is 4. The molecule has 29 heavy (non-hydrogen) atoms. The number of aromatic nitrogens is 2. The molecule has 0 bridgehead atoms. The normalized spacial score (nSPS) is 12.8. The molecule has 0 spiro atoms. The maximum Gasteiger partial charge on any atom is 0.359 e. The molecule has 2 aromatic heterocycles. The van der Waals surface area contributed by atoms with Crippen molar-refractivity contribution in [2.75, 3.05) is 11.9 Å². The highest BCUT2D eigenvalue weighted by atomic mass is 32.1. The van der Waals surface area contributed by atoms with Gasteiger partial charge >= 0.3 is 5.97 Å². The van der Waals surface area contributed by atoms with Crippen LogP contribution in [-0.4, -0.2) is 28.7 Å². The van der Waals surface area contributed by atoms with Crippen molar-refractivity contribution in [3.8, 4) is 6.07 Å². The van der Waals surface area contributed by atoms with Crippen molar-refractivity contribution in [3.05, 3.63) is 56.3 Å². The van der Waals surface area contributed by atoms with Crippen LogP contribution in [0.25, 0.3) is 10.8 Å². The molecule has 146 valence electrons. The molecule has 0 radical (unpaired) electrons. The zero-order valence-corrected chi connectivity index (χ0v) is 16.1. The van der Waals surface area contributed by atoms with Crippen molar-refractivity contribution in [2.24, 2.45) is 0 Å². The van der Waals surface area contributed by atoms with Crippen LogP contribution in [0, 0.1) is 11.3 Å². The van der Waals surface area contributed by atoms with Gasteiger partial charge in [0.05, 0.1) is 10.9 Å². The highest BCUT2D eigenvalue weighted by Crippen LogP contribution is 2.37. The number of aryl methyl sites for hydroxylation is 1. The Hall–Kier alpha value is -3.51. The number of benzene rings is 1. The molecule has 1 aromatic carbocycles. The number of nitriles is 1. The van der Waals surface area contributed by atoms with Crippen LogP contribution in [0.15, 0.2) is 29.1 Å². The van der Waals surface area contributed by atoms with Crippen LogP contribution in [0.2, 0.25) is 0 Å². The summed E-state index contributed by atoms with van der Waals surface area (Å²) < 4.78 is 5.07. The third-order valence-electron chi connectivity index (χ3n) is 4.76. The molecule has 1 aliphatic rings. The summed E-state index contributed by atoms with van der Waals surface area (Å²) >= 11 is 1.40. The van der Waals surface area contributed by atoms with Crippen molar-refractivity contribution < 1.29 is 14.3 Å². The van der Waals surface area contributed by atoms with Gasteiger partial charge in [0, 0.05) is 10.3 Å². The van der Waals surface area contributed by atoms with E-state index in [1.165, 1.54) is 11.3 Å². The number of H-pyrrole nitrogens is 1. The van der Waals surface area contributed by atoms with Gasteiger partial charge in [0.2, 0.25) is 0 Å². The maximum atomic E-state index is 12.4. The fourth-order valence-corrected chi connectivity index (χ4v) is 4.66. The van der Waals surface area contributed by atoms with Crippen LogP contribution < -0.4 is 10.9 Å². The molecular weight excluding hydrogens is 392 g/mol. The Balaban J connectivity index is 1.47. The van der Waals surface area contributed by atoms with E-state index in [4.69, 9.17) is 4.74 Å². The zero-order chi connectivity index (χ0) is 20.4. The second-order valence-electron chi connectivity index (χ2n) is 6.60. The second kappa shape index (κ2) is 7.85. The standard InChI is InChI=1S/C20H16N4O4S/c21-9-14-11-5-3-4-8-15(11)29-19(14)22-16(25)10-28-20(27)17-12-6-1-2-7-13(12)18(26)24-23-17/h1-2,6-7H,3-5,8,10H2,(H,22,25)(H,24,26). The first-order chi connectivity index (χ1) is 14.1. The Kier molecular flexibility index (Phi) is 5.10. The second-order valence-corrected chi connectivity index (χ2v) is 7.70. The van der Waals surface area contributed by atoms with Crippen LogP contribution in [0.3, 0.4) is 0 Å². The number of thiophene rings is 1. The molecule has 1 amide bonds. The lowest BCUT2D eigenvalue weighted by Gasteiger charge is -2.09.